The summed E-state index contributed by atoms with van der Waals surface area (Å²) in [5.74, 6) is 0.359. The molecule has 132 valence electrons. The van der Waals surface area contributed by atoms with Crippen LogP contribution >= 0.6 is 11.3 Å². The largest absolute Gasteiger partial charge is 0.234 e. The maximum absolute atomic E-state index is 12.7. The summed E-state index contributed by atoms with van der Waals surface area (Å²) in [6, 6.07) is 7.65. The Morgan fingerprint density at radius 1 is 1.24 bits per heavy atom. The molecule has 4 rings (SSSR count). The average Bonchev–Trinajstić information content (AvgIpc) is 3.19. The van der Waals surface area contributed by atoms with Crippen molar-refractivity contribution >= 4 is 26.3 Å². The van der Waals surface area contributed by atoms with Gasteiger partial charge < -0.3 is 0 Å². The van der Waals surface area contributed by atoms with Crippen molar-refractivity contribution in [1.82, 2.24) is 24.1 Å². The van der Waals surface area contributed by atoms with Crippen molar-refractivity contribution in [3.8, 4) is 0 Å². The summed E-state index contributed by atoms with van der Waals surface area (Å²) in [7, 11) is -3.29. The lowest BCUT2D eigenvalue weighted by Crippen LogP contribution is -2.38. The van der Waals surface area contributed by atoms with Gasteiger partial charge in [0, 0.05) is 19.0 Å². The zero-order chi connectivity index (χ0) is 17.4. The highest BCUT2D eigenvalue weighted by Crippen LogP contribution is 2.32. The fourth-order valence-electron chi connectivity index (χ4n) is 3.18. The van der Waals surface area contributed by atoms with Crippen LogP contribution in [0.1, 0.15) is 34.9 Å². The van der Waals surface area contributed by atoms with Crippen LogP contribution in [0.15, 0.2) is 30.6 Å². The van der Waals surface area contributed by atoms with Crippen LogP contribution in [0.25, 0.3) is 4.96 Å². The second-order valence-electron chi connectivity index (χ2n) is 6.35. The molecule has 3 heterocycles. The van der Waals surface area contributed by atoms with Gasteiger partial charge in [0.1, 0.15) is 11.3 Å². The molecule has 25 heavy (non-hydrogen) atoms. The molecule has 0 aliphatic carbocycles. The van der Waals surface area contributed by atoms with E-state index in [1.54, 1.807) is 15.1 Å². The maximum Gasteiger partial charge on any atom is 0.234 e. The Hall–Kier alpha value is -1.84. The first kappa shape index (κ1) is 16.6. The third-order valence-electron chi connectivity index (χ3n) is 4.70. The lowest BCUT2D eigenvalue weighted by Gasteiger charge is -2.30. The topological polar surface area (TPSA) is 80.5 Å². The number of sulfonamides is 1. The second kappa shape index (κ2) is 6.47. The van der Waals surface area contributed by atoms with E-state index in [9.17, 15) is 8.42 Å². The number of benzene rings is 1. The third-order valence-corrected chi connectivity index (χ3v) is 7.60. The first-order valence-corrected chi connectivity index (χ1v) is 10.6. The Balaban J connectivity index is 1.44. The summed E-state index contributed by atoms with van der Waals surface area (Å²) in [5.41, 5.74) is 1.89. The summed E-state index contributed by atoms with van der Waals surface area (Å²) in [5, 5.41) is 13.3. The molecule has 0 atom stereocenters. The second-order valence-corrected chi connectivity index (χ2v) is 9.31. The minimum absolute atomic E-state index is 0.0705. The van der Waals surface area contributed by atoms with E-state index in [1.807, 2.05) is 31.2 Å². The van der Waals surface area contributed by atoms with Crippen LogP contribution in [-0.4, -0.2) is 45.6 Å². The van der Waals surface area contributed by atoms with Crippen molar-refractivity contribution in [2.24, 2.45) is 0 Å². The Labute approximate surface area is 150 Å². The number of aryl methyl sites for hydroxylation is 1. The normalized spacial score (nSPS) is 17.3. The molecule has 0 spiro atoms. The molecule has 2 aromatic heterocycles. The van der Waals surface area contributed by atoms with Crippen LogP contribution in [0.5, 0.6) is 0 Å². The SMILES string of the molecule is Cc1ccccc1CS(=O)(=O)N1CCC(c2nn3cnnc3s2)CC1. The van der Waals surface area contributed by atoms with E-state index in [0.717, 1.165) is 33.9 Å². The number of fused-ring (bicyclic) bond motifs is 1. The van der Waals surface area contributed by atoms with Crippen molar-refractivity contribution in [2.75, 3.05) is 13.1 Å². The molecular formula is C16H19N5O2S2. The molecule has 0 amide bonds. The standard InChI is InChI=1S/C16H19N5O2S2/c1-12-4-2-3-5-14(12)10-25(22,23)20-8-6-13(7-9-20)15-19-21-11-17-18-16(21)24-15/h2-5,11,13H,6-10H2,1H3. The zero-order valence-corrected chi connectivity index (χ0v) is 15.5. The van der Waals surface area contributed by atoms with Gasteiger partial charge in [0.05, 0.1) is 5.75 Å². The highest BCUT2D eigenvalue weighted by atomic mass is 32.2. The van der Waals surface area contributed by atoms with Crippen molar-refractivity contribution in [1.29, 1.82) is 0 Å². The molecule has 1 fully saturated rings. The molecule has 3 aromatic rings. The summed E-state index contributed by atoms with van der Waals surface area (Å²) >= 11 is 1.53. The van der Waals surface area contributed by atoms with E-state index in [-0.39, 0.29) is 11.7 Å². The monoisotopic (exact) mass is 377 g/mol. The minimum atomic E-state index is -3.29. The Kier molecular flexibility index (Phi) is 4.30. The summed E-state index contributed by atoms with van der Waals surface area (Å²) in [6.45, 7) is 3.03. The molecule has 1 aromatic carbocycles. The number of rotatable bonds is 4. The highest BCUT2D eigenvalue weighted by Gasteiger charge is 2.30. The molecule has 7 nitrogen and oxygen atoms in total. The van der Waals surface area contributed by atoms with Gasteiger partial charge >= 0.3 is 0 Å². The van der Waals surface area contributed by atoms with Gasteiger partial charge in [-0.2, -0.15) is 9.61 Å². The molecule has 1 aliphatic heterocycles. The third kappa shape index (κ3) is 3.31. The van der Waals surface area contributed by atoms with Crippen LogP contribution in [-0.2, 0) is 15.8 Å². The van der Waals surface area contributed by atoms with E-state index < -0.39 is 10.0 Å². The zero-order valence-electron chi connectivity index (χ0n) is 13.9. The maximum atomic E-state index is 12.7. The van der Waals surface area contributed by atoms with Crippen molar-refractivity contribution in [3.05, 3.63) is 46.7 Å². The Morgan fingerprint density at radius 2 is 2.00 bits per heavy atom. The van der Waals surface area contributed by atoms with Gasteiger partial charge in [-0.1, -0.05) is 35.6 Å². The minimum Gasteiger partial charge on any atom is -0.212 e. The fourth-order valence-corrected chi connectivity index (χ4v) is 5.84. The number of nitrogens with zero attached hydrogens (tertiary/aromatic N) is 5. The quantitative estimate of drug-likeness (QED) is 0.696. The number of hydrogen-bond donors (Lipinski definition) is 0. The molecule has 0 saturated carbocycles. The molecular weight excluding hydrogens is 358 g/mol. The predicted molar refractivity (Wildman–Crippen MR) is 96.0 cm³/mol. The van der Waals surface area contributed by atoms with Gasteiger partial charge in [0.15, 0.2) is 0 Å². The van der Waals surface area contributed by atoms with E-state index >= 15 is 0 Å². The first-order chi connectivity index (χ1) is 12.0. The molecule has 0 N–H and O–H groups in total. The smallest absolute Gasteiger partial charge is 0.212 e. The van der Waals surface area contributed by atoms with Crippen LogP contribution in [0.4, 0.5) is 0 Å². The molecule has 0 bridgehead atoms. The summed E-state index contributed by atoms with van der Waals surface area (Å²) < 4.78 is 28.8. The first-order valence-electron chi connectivity index (χ1n) is 8.22. The van der Waals surface area contributed by atoms with E-state index in [2.05, 4.69) is 15.3 Å². The predicted octanol–water partition coefficient (Wildman–Crippen LogP) is 2.20. The number of hydrogen-bond acceptors (Lipinski definition) is 6. The molecule has 9 heteroatoms. The molecule has 1 aliphatic rings. The Bertz CT molecular complexity index is 958. The van der Waals surface area contributed by atoms with Gasteiger partial charge in [-0.05, 0) is 30.9 Å². The highest BCUT2D eigenvalue weighted by molar-refractivity contribution is 7.88. The van der Waals surface area contributed by atoms with Crippen molar-refractivity contribution in [3.63, 3.8) is 0 Å². The van der Waals surface area contributed by atoms with Gasteiger partial charge in [-0.25, -0.2) is 12.7 Å². The van der Waals surface area contributed by atoms with Crippen molar-refractivity contribution in [2.45, 2.75) is 31.4 Å². The van der Waals surface area contributed by atoms with E-state index in [4.69, 9.17) is 0 Å². The summed E-state index contributed by atoms with van der Waals surface area (Å²) in [6.07, 6.45) is 3.17. The molecule has 0 radical (unpaired) electrons. The Morgan fingerprint density at radius 3 is 2.72 bits per heavy atom. The van der Waals surface area contributed by atoms with Gasteiger partial charge in [-0.3, -0.25) is 0 Å². The van der Waals surface area contributed by atoms with Crippen LogP contribution in [0.3, 0.4) is 0 Å². The van der Waals surface area contributed by atoms with Crippen LogP contribution in [0, 0.1) is 6.92 Å². The number of piperidine rings is 1. The van der Waals surface area contributed by atoms with E-state index in [1.165, 1.54) is 11.3 Å². The lowest BCUT2D eigenvalue weighted by molar-refractivity contribution is 0.318. The average molecular weight is 377 g/mol. The molecule has 1 saturated heterocycles. The van der Waals surface area contributed by atoms with E-state index in [0.29, 0.717) is 13.1 Å². The van der Waals surface area contributed by atoms with Gasteiger partial charge in [-0.15, -0.1) is 10.2 Å². The van der Waals surface area contributed by atoms with Crippen LogP contribution < -0.4 is 0 Å². The number of aromatic nitrogens is 4. The summed E-state index contributed by atoms with van der Waals surface area (Å²) in [4.78, 5) is 0.782. The molecule has 0 unspecified atom stereocenters. The fraction of sp³-hybridized carbons (Fsp3) is 0.438. The lowest BCUT2D eigenvalue weighted by atomic mass is 9.99. The van der Waals surface area contributed by atoms with Crippen LogP contribution in [0.2, 0.25) is 0 Å². The van der Waals surface area contributed by atoms with Gasteiger partial charge in [0.25, 0.3) is 0 Å². The van der Waals surface area contributed by atoms with Crippen molar-refractivity contribution < 1.29 is 8.42 Å². The van der Waals surface area contributed by atoms with Gasteiger partial charge in [0.2, 0.25) is 15.0 Å².